The lowest BCUT2D eigenvalue weighted by Crippen LogP contribution is -2.26. The molecular formula is C12H13N3O3. The number of hydrogen-bond acceptors (Lipinski definition) is 4. The fourth-order valence-electron chi connectivity index (χ4n) is 1.78. The van der Waals surface area contributed by atoms with E-state index in [4.69, 9.17) is 5.11 Å². The zero-order valence-electron chi connectivity index (χ0n) is 9.88. The highest BCUT2D eigenvalue weighted by Gasteiger charge is 2.17. The summed E-state index contributed by atoms with van der Waals surface area (Å²) >= 11 is 0. The number of carboxylic acid groups (broad SMARTS) is 1. The van der Waals surface area contributed by atoms with Crippen molar-refractivity contribution in [2.45, 2.75) is 6.54 Å². The molecule has 1 aromatic heterocycles. The van der Waals surface area contributed by atoms with Crippen molar-refractivity contribution in [3.05, 3.63) is 29.5 Å². The van der Waals surface area contributed by atoms with E-state index >= 15 is 0 Å². The first-order valence-electron chi connectivity index (χ1n) is 5.43. The van der Waals surface area contributed by atoms with E-state index in [1.807, 2.05) is 18.0 Å². The van der Waals surface area contributed by atoms with Crippen LogP contribution in [0.3, 0.4) is 0 Å². The summed E-state index contributed by atoms with van der Waals surface area (Å²) < 4.78 is 0. The van der Waals surface area contributed by atoms with Crippen LogP contribution in [0.2, 0.25) is 0 Å². The van der Waals surface area contributed by atoms with E-state index in [1.54, 1.807) is 0 Å². The Morgan fingerprint density at radius 2 is 2.33 bits per heavy atom. The van der Waals surface area contributed by atoms with Crippen LogP contribution in [0.4, 0.5) is 5.82 Å². The maximum atomic E-state index is 11.5. The second kappa shape index (κ2) is 4.97. The van der Waals surface area contributed by atoms with Crippen molar-refractivity contribution in [2.75, 3.05) is 18.9 Å². The van der Waals surface area contributed by atoms with E-state index in [9.17, 15) is 9.59 Å². The van der Waals surface area contributed by atoms with E-state index < -0.39 is 5.97 Å². The minimum Gasteiger partial charge on any atom is -0.478 e. The predicted octanol–water partition coefficient (Wildman–Crippen LogP) is 0.563. The van der Waals surface area contributed by atoms with Crippen LogP contribution in [0.5, 0.6) is 0 Å². The van der Waals surface area contributed by atoms with Crippen LogP contribution in [0.1, 0.15) is 11.1 Å². The molecule has 1 aliphatic rings. The van der Waals surface area contributed by atoms with Gasteiger partial charge in [0.25, 0.3) is 0 Å². The van der Waals surface area contributed by atoms with Gasteiger partial charge in [-0.15, -0.1) is 0 Å². The third-order valence-corrected chi connectivity index (χ3v) is 2.52. The molecule has 18 heavy (non-hydrogen) atoms. The first kappa shape index (κ1) is 12.3. The summed E-state index contributed by atoms with van der Waals surface area (Å²) in [6, 6.07) is 1.82. The molecule has 0 aromatic carbocycles. The van der Waals surface area contributed by atoms with Crippen LogP contribution >= 0.6 is 0 Å². The van der Waals surface area contributed by atoms with E-state index in [2.05, 4.69) is 10.3 Å². The van der Waals surface area contributed by atoms with Gasteiger partial charge in [-0.3, -0.25) is 9.69 Å². The number of amides is 1. The maximum absolute atomic E-state index is 11.5. The van der Waals surface area contributed by atoms with Gasteiger partial charge < -0.3 is 10.4 Å². The molecule has 0 saturated carbocycles. The molecule has 6 heteroatoms. The number of hydrogen-bond donors (Lipinski definition) is 2. The van der Waals surface area contributed by atoms with Gasteiger partial charge in [0, 0.05) is 24.4 Å². The highest BCUT2D eigenvalue weighted by atomic mass is 16.4. The van der Waals surface area contributed by atoms with Crippen LogP contribution in [0, 0.1) is 0 Å². The lowest BCUT2D eigenvalue weighted by atomic mass is 10.1. The summed E-state index contributed by atoms with van der Waals surface area (Å²) in [5, 5.41) is 11.3. The number of carbonyl (C=O) groups is 2. The number of nitrogens with zero attached hydrogens (tertiary/aromatic N) is 2. The molecule has 0 aliphatic carbocycles. The van der Waals surface area contributed by atoms with Crippen molar-refractivity contribution in [1.82, 2.24) is 9.88 Å². The van der Waals surface area contributed by atoms with Gasteiger partial charge in [0.05, 0.1) is 6.54 Å². The van der Waals surface area contributed by atoms with Crippen molar-refractivity contribution in [1.29, 1.82) is 0 Å². The number of pyridine rings is 1. The molecule has 0 fully saturated rings. The second-order valence-corrected chi connectivity index (χ2v) is 4.17. The minimum absolute atomic E-state index is 0.0995. The average Bonchev–Trinajstić information content (AvgIpc) is 2.42. The van der Waals surface area contributed by atoms with Gasteiger partial charge >= 0.3 is 5.97 Å². The van der Waals surface area contributed by atoms with Crippen LogP contribution in [0.15, 0.2) is 18.3 Å². The van der Waals surface area contributed by atoms with E-state index in [0.717, 1.165) is 11.6 Å². The Hall–Kier alpha value is -2.21. The Morgan fingerprint density at radius 3 is 3.06 bits per heavy atom. The van der Waals surface area contributed by atoms with Gasteiger partial charge in [0.15, 0.2) is 0 Å². The smallest absolute Gasteiger partial charge is 0.328 e. The molecule has 0 bridgehead atoms. The first-order chi connectivity index (χ1) is 8.54. The number of likely N-dealkylation sites (N-methyl/N-ethyl adjacent to an activating group) is 1. The van der Waals surface area contributed by atoms with Crippen LogP contribution in [0.25, 0.3) is 6.08 Å². The molecule has 0 unspecified atom stereocenters. The lowest BCUT2D eigenvalue weighted by molar-refractivity contribution is -0.131. The second-order valence-electron chi connectivity index (χ2n) is 4.17. The Bertz CT molecular complexity index is 525. The Labute approximate surface area is 104 Å². The van der Waals surface area contributed by atoms with Crippen molar-refractivity contribution >= 4 is 23.8 Å². The van der Waals surface area contributed by atoms with Gasteiger partial charge in [-0.2, -0.15) is 0 Å². The molecule has 0 saturated heterocycles. The zero-order chi connectivity index (χ0) is 13.1. The van der Waals surface area contributed by atoms with E-state index in [0.29, 0.717) is 24.5 Å². The Morgan fingerprint density at radius 1 is 1.56 bits per heavy atom. The fraction of sp³-hybridized carbons (Fsp3) is 0.250. The number of carbonyl (C=O) groups excluding carboxylic acids is 1. The van der Waals surface area contributed by atoms with Gasteiger partial charge in [-0.25, -0.2) is 9.78 Å². The number of fused-ring (bicyclic) bond motifs is 1. The highest BCUT2D eigenvalue weighted by molar-refractivity contribution is 5.92. The van der Waals surface area contributed by atoms with Gasteiger partial charge in [0.2, 0.25) is 5.91 Å². The lowest BCUT2D eigenvalue weighted by Gasteiger charge is -2.11. The van der Waals surface area contributed by atoms with Gasteiger partial charge in [0.1, 0.15) is 5.82 Å². The first-order valence-corrected chi connectivity index (χ1v) is 5.43. The topological polar surface area (TPSA) is 82.5 Å². The minimum atomic E-state index is -1.00. The van der Waals surface area contributed by atoms with Crippen molar-refractivity contribution < 1.29 is 14.7 Å². The molecule has 1 amide bonds. The third kappa shape index (κ3) is 2.92. The molecule has 0 spiro atoms. The molecular weight excluding hydrogens is 234 g/mol. The summed E-state index contributed by atoms with van der Waals surface area (Å²) in [6.07, 6.45) is 4.06. The largest absolute Gasteiger partial charge is 0.478 e. The molecule has 2 N–H and O–H groups in total. The maximum Gasteiger partial charge on any atom is 0.328 e. The molecule has 1 aliphatic heterocycles. The zero-order valence-corrected chi connectivity index (χ0v) is 9.88. The number of aromatic nitrogens is 1. The van der Waals surface area contributed by atoms with Gasteiger partial charge in [-0.1, -0.05) is 0 Å². The Balaban J connectivity index is 2.31. The normalized spacial score (nSPS) is 16.2. The number of rotatable bonds is 2. The quantitative estimate of drug-likeness (QED) is 0.746. The summed E-state index contributed by atoms with van der Waals surface area (Å²) in [6.45, 7) is 0.909. The molecule has 1 aromatic rings. The van der Waals surface area contributed by atoms with E-state index in [1.165, 1.54) is 12.3 Å². The standard InChI is InChI=1S/C12H13N3O3/c1-15-6-9-4-8(2-3-11(17)18)5-13-12(9)14-10(16)7-15/h2-5H,6-7H2,1H3,(H,17,18)(H,13,14,16). The van der Waals surface area contributed by atoms with Crippen molar-refractivity contribution in [3.8, 4) is 0 Å². The molecule has 0 radical (unpaired) electrons. The summed E-state index contributed by atoms with van der Waals surface area (Å²) in [4.78, 5) is 27.9. The van der Waals surface area contributed by atoms with Crippen LogP contribution < -0.4 is 5.32 Å². The summed E-state index contributed by atoms with van der Waals surface area (Å²) in [7, 11) is 1.84. The average molecular weight is 247 g/mol. The number of aliphatic carboxylic acids is 1. The number of anilines is 1. The van der Waals surface area contributed by atoms with Crippen LogP contribution in [-0.4, -0.2) is 40.5 Å². The molecule has 94 valence electrons. The van der Waals surface area contributed by atoms with E-state index in [-0.39, 0.29) is 5.91 Å². The molecule has 6 nitrogen and oxygen atoms in total. The predicted molar refractivity (Wildman–Crippen MR) is 65.9 cm³/mol. The fourth-order valence-corrected chi connectivity index (χ4v) is 1.78. The molecule has 2 rings (SSSR count). The van der Waals surface area contributed by atoms with Crippen molar-refractivity contribution in [2.24, 2.45) is 0 Å². The third-order valence-electron chi connectivity index (χ3n) is 2.52. The number of nitrogens with one attached hydrogen (secondary N) is 1. The number of carboxylic acids is 1. The highest BCUT2D eigenvalue weighted by Crippen LogP contribution is 2.19. The summed E-state index contributed by atoms with van der Waals surface area (Å²) in [5.41, 5.74) is 1.57. The van der Waals surface area contributed by atoms with Crippen LogP contribution in [-0.2, 0) is 16.1 Å². The monoisotopic (exact) mass is 247 g/mol. The SMILES string of the molecule is CN1CC(=O)Nc2ncc(C=CC(=O)O)cc2C1. The Kier molecular flexibility index (Phi) is 3.38. The van der Waals surface area contributed by atoms with Crippen molar-refractivity contribution in [3.63, 3.8) is 0 Å². The molecule has 2 heterocycles. The van der Waals surface area contributed by atoms with Gasteiger partial charge in [-0.05, 0) is 24.8 Å². The summed E-state index contributed by atoms with van der Waals surface area (Å²) in [5.74, 6) is -0.565. The molecule has 0 atom stereocenters.